The zero-order chi connectivity index (χ0) is 13.9. The molecule has 0 heterocycles. The van der Waals surface area contributed by atoms with E-state index in [0.717, 1.165) is 0 Å². The van der Waals surface area contributed by atoms with Crippen LogP contribution in [0.5, 0.6) is 0 Å². The van der Waals surface area contributed by atoms with Gasteiger partial charge in [-0.1, -0.05) is 34.1 Å². The fraction of sp³-hybridized carbons (Fsp3) is 1.00. The molecule has 0 aliphatic rings. The van der Waals surface area contributed by atoms with Gasteiger partial charge in [0.2, 0.25) is 0 Å². The number of rotatable bonds is 6. The molecule has 0 aliphatic heterocycles. The molecule has 0 aromatic heterocycles. The van der Waals surface area contributed by atoms with Crippen LogP contribution in [0.2, 0.25) is 13.1 Å². The Labute approximate surface area is 115 Å². The minimum Gasteiger partial charge on any atom is -0.413 e. The quantitative estimate of drug-likeness (QED) is 0.669. The highest BCUT2D eigenvalue weighted by Crippen LogP contribution is 2.38. The van der Waals surface area contributed by atoms with E-state index < -0.39 is 17.8 Å². The maximum atomic E-state index is 6.55. The first kappa shape index (κ1) is 17.7. The number of hydrogen-bond donors (Lipinski definition) is 0. The van der Waals surface area contributed by atoms with Crippen LogP contribution in [0.15, 0.2) is 0 Å². The molecule has 0 rings (SSSR count). The topological polar surface area (TPSA) is 9.23 Å². The van der Waals surface area contributed by atoms with Crippen LogP contribution in [0.4, 0.5) is 0 Å². The molecule has 0 saturated heterocycles. The summed E-state index contributed by atoms with van der Waals surface area (Å²) in [5.74, 6) is 0. The van der Waals surface area contributed by atoms with Gasteiger partial charge in [0.25, 0.3) is 0 Å². The minimum absolute atomic E-state index is 0.255. The van der Waals surface area contributed by atoms with Crippen LogP contribution < -0.4 is 0 Å². The van der Waals surface area contributed by atoms with Gasteiger partial charge in [-0.05, 0) is 42.8 Å². The molecule has 0 aliphatic carbocycles. The fourth-order valence-corrected chi connectivity index (χ4v) is 13.8. The van der Waals surface area contributed by atoms with Crippen molar-refractivity contribution in [3.05, 3.63) is 0 Å². The van der Waals surface area contributed by atoms with Crippen LogP contribution in [0.3, 0.4) is 0 Å². The van der Waals surface area contributed by atoms with E-state index in [1.165, 1.54) is 18.2 Å². The second kappa shape index (κ2) is 6.26. The van der Waals surface area contributed by atoms with Crippen molar-refractivity contribution in [3.8, 4) is 0 Å². The van der Waals surface area contributed by atoms with Crippen LogP contribution in [0, 0.1) is 5.41 Å². The number of hydrogen-bond acceptors (Lipinski definition) is 1. The Morgan fingerprint density at radius 3 is 2.00 bits per heavy atom. The Hall–Kier alpha value is 0.744. The molecule has 1 atom stereocenters. The molecular formula is C13H31OSSi2. The van der Waals surface area contributed by atoms with Crippen molar-refractivity contribution >= 4 is 27.2 Å². The maximum absolute atomic E-state index is 6.55. The van der Waals surface area contributed by atoms with Crippen molar-refractivity contribution in [3.63, 3.8) is 0 Å². The van der Waals surface area contributed by atoms with Gasteiger partial charge in [0.1, 0.15) is 0 Å². The summed E-state index contributed by atoms with van der Waals surface area (Å²) in [5.41, 5.74) is 0.255. The van der Waals surface area contributed by atoms with Gasteiger partial charge in [0, 0.05) is 6.10 Å². The first-order chi connectivity index (χ1) is 7.37. The Morgan fingerprint density at radius 2 is 1.71 bits per heavy atom. The van der Waals surface area contributed by atoms with Crippen LogP contribution in [-0.2, 0) is 4.43 Å². The van der Waals surface area contributed by atoms with E-state index in [9.17, 15) is 0 Å². The van der Waals surface area contributed by atoms with Gasteiger partial charge >= 0.3 is 0 Å². The van der Waals surface area contributed by atoms with E-state index >= 15 is 0 Å². The lowest BCUT2D eigenvalue weighted by Crippen LogP contribution is -2.45. The fourth-order valence-electron chi connectivity index (χ4n) is 2.22. The highest BCUT2D eigenvalue weighted by atomic mass is 32.4. The molecule has 0 fully saturated rings. The molecule has 0 aromatic rings. The molecule has 0 N–H and O–H groups in total. The van der Waals surface area contributed by atoms with Crippen LogP contribution in [0.25, 0.3) is 0 Å². The summed E-state index contributed by atoms with van der Waals surface area (Å²) in [6.07, 6.45) is 7.41. The Morgan fingerprint density at radius 1 is 1.24 bits per heavy atom. The van der Waals surface area contributed by atoms with Crippen molar-refractivity contribution in [2.45, 2.75) is 59.7 Å². The van der Waals surface area contributed by atoms with E-state index in [1.807, 2.05) is 0 Å². The molecule has 103 valence electrons. The third kappa shape index (κ3) is 8.46. The summed E-state index contributed by atoms with van der Waals surface area (Å²) in [5, 5.41) is 1.23. The average Bonchev–Trinajstić information content (AvgIpc) is 1.96. The van der Waals surface area contributed by atoms with Gasteiger partial charge < -0.3 is 4.43 Å². The zero-order valence-electron chi connectivity index (χ0n) is 13.0. The van der Waals surface area contributed by atoms with Gasteiger partial charge in [-0.2, -0.15) is 0 Å². The molecule has 17 heavy (non-hydrogen) atoms. The summed E-state index contributed by atoms with van der Waals surface area (Å²) in [6, 6.07) is 0. The van der Waals surface area contributed by atoms with Crippen LogP contribution in [0.1, 0.15) is 40.5 Å². The first-order valence-electron chi connectivity index (χ1n) is 6.51. The van der Waals surface area contributed by atoms with Crippen molar-refractivity contribution in [1.29, 1.82) is 0 Å². The van der Waals surface area contributed by atoms with E-state index in [-0.39, 0.29) is 5.41 Å². The molecule has 1 unspecified atom stereocenters. The van der Waals surface area contributed by atoms with Crippen LogP contribution in [-0.4, -0.2) is 41.7 Å². The standard InChI is InChI=1S/C13H31OSSi2/c1-9-10-12(13(2,3)4)14-17(7,8)11-15(5,6)16/h12H,9-11H2,1-8H3. The average molecular weight is 292 g/mol. The highest BCUT2D eigenvalue weighted by molar-refractivity contribution is 8.49. The summed E-state index contributed by atoms with van der Waals surface area (Å²) in [4.78, 5) is 0. The largest absolute Gasteiger partial charge is 0.413 e. The summed E-state index contributed by atoms with van der Waals surface area (Å²) in [7, 11) is 1.68. The molecule has 3 radical (unpaired) electrons. The van der Waals surface area contributed by atoms with Crippen molar-refractivity contribution < 1.29 is 4.43 Å². The van der Waals surface area contributed by atoms with Crippen molar-refractivity contribution in [1.82, 2.24) is 0 Å². The first-order valence-corrected chi connectivity index (χ1v) is 13.5. The lowest BCUT2D eigenvalue weighted by molar-refractivity contribution is 0.0712. The monoisotopic (exact) mass is 291 g/mol. The van der Waals surface area contributed by atoms with Gasteiger partial charge in [0.15, 0.2) is 8.32 Å². The predicted octanol–water partition coefficient (Wildman–Crippen LogP) is 4.11. The summed E-state index contributed by atoms with van der Waals surface area (Å²) >= 11 is 0. The maximum Gasteiger partial charge on any atom is 0.194 e. The predicted molar refractivity (Wildman–Crippen MR) is 86.8 cm³/mol. The molecule has 0 amide bonds. The SMILES string of the molecule is CCCC(O[Si](C)(C)CS(C)(C)[Si])C(C)(C)C. The molecule has 1 nitrogen and oxygen atoms in total. The second-order valence-corrected chi connectivity index (χ2v) is 18.5. The molecule has 0 spiro atoms. The molecule has 0 saturated carbocycles. The smallest absolute Gasteiger partial charge is 0.194 e. The zero-order valence-corrected chi connectivity index (χ0v) is 15.8. The van der Waals surface area contributed by atoms with E-state index in [0.29, 0.717) is 6.10 Å². The van der Waals surface area contributed by atoms with Gasteiger partial charge in [-0.25, -0.2) is 0 Å². The highest BCUT2D eigenvalue weighted by Gasteiger charge is 2.34. The lowest BCUT2D eigenvalue weighted by Gasteiger charge is -2.41. The molecule has 4 heteroatoms. The van der Waals surface area contributed by atoms with E-state index in [4.69, 9.17) is 4.43 Å². The van der Waals surface area contributed by atoms with E-state index in [1.54, 1.807) is 0 Å². The van der Waals surface area contributed by atoms with Gasteiger partial charge in [-0.3, -0.25) is 9.48 Å². The van der Waals surface area contributed by atoms with Crippen molar-refractivity contribution in [2.24, 2.45) is 5.41 Å². The minimum atomic E-state index is -1.56. The molecule has 0 bridgehead atoms. The molecular weight excluding hydrogens is 260 g/mol. The summed E-state index contributed by atoms with van der Waals surface area (Å²) < 4.78 is 6.55. The van der Waals surface area contributed by atoms with Crippen molar-refractivity contribution in [2.75, 3.05) is 17.9 Å². The Bertz CT molecular complexity index is 229. The van der Waals surface area contributed by atoms with Gasteiger partial charge in [0.05, 0.1) is 9.39 Å². The lowest BCUT2D eigenvalue weighted by atomic mass is 9.87. The van der Waals surface area contributed by atoms with Gasteiger partial charge in [-0.15, -0.1) is 0 Å². The molecule has 0 aromatic carbocycles. The normalized spacial score (nSPS) is 17.0. The third-order valence-electron chi connectivity index (χ3n) is 2.69. The Balaban J connectivity index is 4.64. The summed E-state index contributed by atoms with van der Waals surface area (Å²) in [6.45, 7) is 13.8. The Kier molecular flexibility index (Phi) is 6.54. The van der Waals surface area contributed by atoms with E-state index in [2.05, 4.69) is 62.7 Å². The third-order valence-corrected chi connectivity index (χ3v) is 10.6. The second-order valence-electron chi connectivity index (χ2n) is 7.20. The van der Waals surface area contributed by atoms with Crippen LogP contribution >= 0.6 is 9.48 Å².